The Balaban J connectivity index is 1.55. The normalized spacial score (nSPS) is 11.6. The zero-order chi connectivity index (χ0) is 19.8. The molecule has 1 amide bonds. The Hall–Kier alpha value is -3.21. The summed E-state index contributed by atoms with van der Waals surface area (Å²) >= 11 is 0. The third-order valence-corrected chi connectivity index (χ3v) is 4.52. The molecule has 5 heteroatoms. The molecule has 1 atom stereocenters. The highest BCUT2D eigenvalue weighted by atomic mass is 19.1. The molecule has 1 N–H and O–H groups in total. The topological polar surface area (TPSA) is 51.2 Å². The molecule has 0 aliphatic carbocycles. The maximum atomic E-state index is 13.0. The van der Waals surface area contributed by atoms with Crippen molar-refractivity contribution in [1.82, 2.24) is 10.3 Å². The Bertz CT molecular complexity index is 898. The molecule has 0 aliphatic rings. The Labute approximate surface area is 164 Å². The maximum absolute atomic E-state index is 13.0. The zero-order valence-corrected chi connectivity index (χ0v) is 15.8. The fourth-order valence-electron chi connectivity index (χ4n) is 2.96. The molecule has 1 aromatic heterocycles. The molecule has 1 unspecified atom stereocenters. The van der Waals surface area contributed by atoms with Crippen molar-refractivity contribution in [2.24, 2.45) is 0 Å². The van der Waals surface area contributed by atoms with Gasteiger partial charge in [-0.25, -0.2) is 9.37 Å². The van der Waals surface area contributed by atoms with Crippen molar-refractivity contribution in [3.8, 4) is 11.6 Å². The summed E-state index contributed by atoms with van der Waals surface area (Å²) < 4.78 is 18.6. The summed E-state index contributed by atoms with van der Waals surface area (Å²) in [4.78, 5) is 16.5. The van der Waals surface area contributed by atoms with Crippen LogP contribution in [0, 0.1) is 5.82 Å². The van der Waals surface area contributed by atoms with Crippen molar-refractivity contribution in [1.29, 1.82) is 0 Å². The van der Waals surface area contributed by atoms with Gasteiger partial charge in [0, 0.05) is 25.2 Å². The van der Waals surface area contributed by atoms with Gasteiger partial charge in [-0.3, -0.25) is 4.79 Å². The van der Waals surface area contributed by atoms with Crippen LogP contribution in [0.4, 0.5) is 4.39 Å². The van der Waals surface area contributed by atoms with Crippen LogP contribution in [0.1, 0.15) is 36.8 Å². The molecule has 3 rings (SSSR count). The van der Waals surface area contributed by atoms with Crippen LogP contribution in [0.15, 0.2) is 72.9 Å². The fraction of sp³-hybridized carbons (Fsp3) is 0.217. The summed E-state index contributed by atoms with van der Waals surface area (Å²) in [7, 11) is 0. The lowest BCUT2D eigenvalue weighted by atomic mass is 9.93. The Kier molecular flexibility index (Phi) is 6.73. The van der Waals surface area contributed by atoms with Crippen LogP contribution in [0.3, 0.4) is 0 Å². The van der Waals surface area contributed by atoms with Gasteiger partial charge in [0.2, 0.25) is 11.8 Å². The van der Waals surface area contributed by atoms with Crippen LogP contribution >= 0.6 is 0 Å². The molecule has 28 heavy (non-hydrogen) atoms. The molecule has 0 saturated heterocycles. The molecule has 0 aliphatic heterocycles. The smallest absolute Gasteiger partial charge is 0.220 e. The number of ether oxygens (including phenoxy) is 1. The van der Waals surface area contributed by atoms with Crippen LogP contribution in [-0.2, 0) is 11.3 Å². The molecule has 0 spiro atoms. The highest BCUT2D eigenvalue weighted by Gasteiger charge is 2.14. The van der Waals surface area contributed by atoms with E-state index in [9.17, 15) is 9.18 Å². The van der Waals surface area contributed by atoms with E-state index in [1.54, 1.807) is 24.4 Å². The number of amides is 1. The van der Waals surface area contributed by atoms with Gasteiger partial charge in [0.15, 0.2) is 0 Å². The quantitative estimate of drug-likeness (QED) is 0.585. The second-order valence-electron chi connectivity index (χ2n) is 6.56. The average molecular weight is 378 g/mol. The Morgan fingerprint density at radius 2 is 1.86 bits per heavy atom. The van der Waals surface area contributed by atoms with E-state index < -0.39 is 0 Å². The molecule has 1 heterocycles. The Morgan fingerprint density at radius 3 is 2.57 bits per heavy atom. The molecule has 144 valence electrons. The molecule has 0 fully saturated rings. The largest absolute Gasteiger partial charge is 0.439 e. The highest BCUT2D eigenvalue weighted by molar-refractivity contribution is 5.76. The van der Waals surface area contributed by atoms with Crippen molar-refractivity contribution >= 4 is 5.91 Å². The monoisotopic (exact) mass is 378 g/mol. The fourth-order valence-corrected chi connectivity index (χ4v) is 2.96. The minimum atomic E-state index is -0.322. The van der Waals surface area contributed by atoms with Crippen LogP contribution in [0.25, 0.3) is 0 Å². The number of carbonyl (C=O) groups excluding carboxylic acids is 1. The number of benzene rings is 2. The first-order chi connectivity index (χ1) is 13.6. The third-order valence-electron chi connectivity index (χ3n) is 4.52. The summed E-state index contributed by atoms with van der Waals surface area (Å²) in [5.74, 6) is 0.792. The van der Waals surface area contributed by atoms with Crippen LogP contribution in [-0.4, -0.2) is 10.9 Å². The summed E-state index contributed by atoms with van der Waals surface area (Å²) in [5, 5.41) is 2.96. The standard InChI is InChI=1S/C23H23FN2O2/c1-2-18(19-6-4-3-5-7-19)15-22(27)26-16-17-12-13-25-23(14-17)28-21-10-8-20(24)9-11-21/h3-14,18H,2,15-16H2,1H3,(H,26,27). The number of carbonyl (C=O) groups is 1. The highest BCUT2D eigenvalue weighted by Crippen LogP contribution is 2.23. The molecule has 4 nitrogen and oxygen atoms in total. The van der Waals surface area contributed by atoms with E-state index in [4.69, 9.17) is 4.74 Å². The van der Waals surface area contributed by atoms with Crippen LogP contribution < -0.4 is 10.1 Å². The lowest BCUT2D eigenvalue weighted by molar-refractivity contribution is -0.121. The lowest BCUT2D eigenvalue weighted by Gasteiger charge is -2.15. The minimum absolute atomic E-state index is 0.00789. The molecular weight excluding hydrogens is 355 g/mol. The van der Waals surface area contributed by atoms with Gasteiger partial charge in [-0.2, -0.15) is 0 Å². The second kappa shape index (κ2) is 9.65. The number of nitrogens with zero attached hydrogens (tertiary/aromatic N) is 1. The summed E-state index contributed by atoms with van der Waals surface area (Å²) in [5.41, 5.74) is 2.06. The first-order valence-electron chi connectivity index (χ1n) is 9.34. The third kappa shape index (κ3) is 5.64. The summed E-state index contributed by atoms with van der Waals surface area (Å²) in [6, 6.07) is 19.4. The predicted molar refractivity (Wildman–Crippen MR) is 107 cm³/mol. The molecule has 3 aromatic rings. The van der Waals surface area contributed by atoms with E-state index in [1.165, 1.54) is 17.7 Å². The van der Waals surface area contributed by atoms with E-state index in [0.29, 0.717) is 24.6 Å². The van der Waals surface area contributed by atoms with Crippen molar-refractivity contribution in [3.05, 3.63) is 89.9 Å². The number of aromatic nitrogens is 1. The SMILES string of the molecule is CCC(CC(=O)NCc1ccnc(Oc2ccc(F)cc2)c1)c1ccccc1. The van der Waals surface area contributed by atoms with Gasteiger partial charge in [0.05, 0.1) is 0 Å². The zero-order valence-electron chi connectivity index (χ0n) is 15.8. The van der Waals surface area contributed by atoms with Crippen LogP contribution in [0.5, 0.6) is 11.6 Å². The van der Waals surface area contributed by atoms with Gasteiger partial charge in [-0.05, 0) is 53.8 Å². The number of hydrogen-bond donors (Lipinski definition) is 1. The molecular formula is C23H23FN2O2. The number of hydrogen-bond acceptors (Lipinski definition) is 3. The van der Waals surface area contributed by atoms with Gasteiger partial charge in [0.25, 0.3) is 0 Å². The summed E-state index contributed by atoms with van der Waals surface area (Å²) in [6.07, 6.45) is 2.98. The van der Waals surface area contributed by atoms with E-state index in [0.717, 1.165) is 12.0 Å². The van der Waals surface area contributed by atoms with Gasteiger partial charge >= 0.3 is 0 Å². The summed E-state index contributed by atoms with van der Waals surface area (Å²) in [6.45, 7) is 2.49. The van der Waals surface area contributed by atoms with Gasteiger partial charge in [-0.15, -0.1) is 0 Å². The van der Waals surface area contributed by atoms with E-state index in [1.807, 2.05) is 24.3 Å². The number of nitrogens with one attached hydrogen (secondary N) is 1. The molecule has 0 bridgehead atoms. The molecule has 2 aromatic carbocycles. The maximum Gasteiger partial charge on any atom is 0.220 e. The van der Waals surface area contributed by atoms with Gasteiger partial charge < -0.3 is 10.1 Å². The predicted octanol–water partition coefficient (Wildman–Crippen LogP) is 5.21. The van der Waals surface area contributed by atoms with Gasteiger partial charge in [0.1, 0.15) is 11.6 Å². The van der Waals surface area contributed by atoms with Crippen molar-refractivity contribution in [2.75, 3.05) is 0 Å². The molecule has 0 saturated carbocycles. The van der Waals surface area contributed by atoms with E-state index >= 15 is 0 Å². The average Bonchev–Trinajstić information content (AvgIpc) is 2.73. The lowest BCUT2D eigenvalue weighted by Crippen LogP contribution is -2.24. The first-order valence-corrected chi connectivity index (χ1v) is 9.34. The van der Waals surface area contributed by atoms with Crippen LogP contribution in [0.2, 0.25) is 0 Å². The first kappa shape index (κ1) is 19.5. The molecule has 0 radical (unpaired) electrons. The van der Waals surface area contributed by atoms with Gasteiger partial charge in [-0.1, -0.05) is 37.3 Å². The van der Waals surface area contributed by atoms with E-state index in [-0.39, 0.29) is 17.6 Å². The second-order valence-corrected chi connectivity index (χ2v) is 6.56. The van der Waals surface area contributed by atoms with E-state index in [2.05, 4.69) is 29.4 Å². The number of pyridine rings is 1. The van der Waals surface area contributed by atoms with Crippen molar-refractivity contribution in [2.45, 2.75) is 32.2 Å². The Morgan fingerprint density at radius 1 is 1.11 bits per heavy atom. The minimum Gasteiger partial charge on any atom is -0.439 e. The van der Waals surface area contributed by atoms with Crippen molar-refractivity contribution < 1.29 is 13.9 Å². The number of rotatable bonds is 8. The number of halogens is 1. The van der Waals surface area contributed by atoms with Crippen molar-refractivity contribution in [3.63, 3.8) is 0 Å².